The molecule has 0 aromatic carbocycles. The van der Waals surface area contributed by atoms with E-state index >= 15 is 0 Å². The van der Waals surface area contributed by atoms with Crippen LogP contribution in [0.15, 0.2) is 40.1 Å². The van der Waals surface area contributed by atoms with Gasteiger partial charge in [-0.15, -0.1) is 22.7 Å². The maximum absolute atomic E-state index is 12.4. The van der Waals surface area contributed by atoms with E-state index in [1.807, 2.05) is 31.4 Å². The van der Waals surface area contributed by atoms with Crippen LogP contribution >= 0.6 is 22.7 Å². The Labute approximate surface area is 126 Å². The van der Waals surface area contributed by atoms with Gasteiger partial charge < -0.3 is 0 Å². The Morgan fingerprint density at radius 3 is 2.65 bits per heavy atom. The van der Waals surface area contributed by atoms with E-state index in [0.29, 0.717) is 0 Å². The summed E-state index contributed by atoms with van der Waals surface area (Å²) >= 11 is 3.36. The van der Waals surface area contributed by atoms with Gasteiger partial charge in [-0.2, -0.15) is 5.10 Å². The molecule has 2 aromatic rings. The third-order valence-corrected chi connectivity index (χ3v) is 5.20. The molecule has 3 nitrogen and oxygen atoms in total. The van der Waals surface area contributed by atoms with E-state index in [0.717, 1.165) is 17.0 Å². The van der Waals surface area contributed by atoms with E-state index in [1.165, 1.54) is 4.88 Å². The maximum Gasteiger partial charge on any atom is 0.245 e. The average Bonchev–Trinajstić information content (AvgIpc) is 3.16. The van der Waals surface area contributed by atoms with E-state index in [2.05, 4.69) is 22.6 Å². The van der Waals surface area contributed by atoms with Gasteiger partial charge in [0, 0.05) is 17.2 Å². The number of thiophene rings is 2. The number of hydrogen-bond acceptors (Lipinski definition) is 4. The van der Waals surface area contributed by atoms with Crippen molar-refractivity contribution < 1.29 is 4.79 Å². The molecule has 1 amide bonds. The fourth-order valence-electron chi connectivity index (χ4n) is 2.27. The molecule has 1 atom stereocenters. The summed E-state index contributed by atoms with van der Waals surface area (Å²) in [5, 5.41) is 10.4. The van der Waals surface area contributed by atoms with Crippen molar-refractivity contribution in [3.8, 4) is 0 Å². The summed E-state index contributed by atoms with van der Waals surface area (Å²) in [6.07, 6.45) is 0.805. The van der Waals surface area contributed by atoms with Crippen LogP contribution in [-0.4, -0.2) is 16.6 Å². The van der Waals surface area contributed by atoms with Crippen molar-refractivity contribution in [2.75, 3.05) is 0 Å². The monoisotopic (exact) mass is 304 g/mol. The molecular formula is C15H16N2OS2. The van der Waals surface area contributed by atoms with Gasteiger partial charge in [-0.05, 0) is 22.9 Å². The molecule has 0 fully saturated rings. The summed E-state index contributed by atoms with van der Waals surface area (Å²) in [5.74, 6) is 0.0545. The van der Waals surface area contributed by atoms with Crippen molar-refractivity contribution >= 4 is 34.3 Å². The van der Waals surface area contributed by atoms with E-state index in [-0.39, 0.29) is 17.9 Å². The molecule has 2 aromatic heterocycles. The molecule has 0 radical (unpaired) electrons. The highest BCUT2D eigenvalue weighted by molar-refractivity contribution is 7.12. The first kappa shape index (κ1) is 13.5. The molecule has 0 N–H and O–H groups in total. The Morgan fingerprint density at radius 2 is 2.05 bits per heavy atom. The molecule has 0 saturated carbocycles. The first-order chi connectivity index (χ1) is 9.66. The fraction of sp³-hybridized carbons (Fsp3) is 0.333. The average molecular weight is 304 g/mol. The largest absolute Gasteiger partial charge is 0.273 e. The lowest BCUT2D eigenvalue weighted by Gasteiger charge is -2.22. The molecule has 1 aliphatic heterocycles. The Hall–Kier alpha value is -1.46. The van der Waals surface area contributed by atoms with E-state index in [1.54, 1.807) is 27.7 Å². The van der Waals surface area contributed by atoms with E-state index < -0.39 is 0 Å². The van der Waals surface area contributed by atoms with Crippen molar-refractivity contribution in [1.82, 2.24) is 5.01 Å². The molecule has 0 spiro atoms. The maximum atomic E-state index is 12.4. The highest BCUT2D eigenvalue weighted by Gasteiger charge is 2.34. The summed E-state index contributed by atoms with van der Waals surface area (Å²) in [6, 6.07) is 8.26. The highest BCUT2D eigenvalue weighted by atomic mass is 32.1. The molecule has 0 saturated heterocycles. The predicted molar refractivity (Wildman–Crippen MR) is 84.2 cm³/mol. The van der Waals surface area contributed by atoms with Crippen molar-refractivity contribution in [1.29, 1.82) is 0 Å². The first-order valence-electron chi connectivity index (χ1n) is 6.64. The molecule has 1 aliphatic rings. The summed E-state index contributed by atoms with van der Waals surface area (Å²) in [4.78, 5) is 14.8. The lowest BCUT2D eigenvalue weighted by Crippen LogP contribution is -2.30. The van der Waals surface area contributed by atoms with Crippen LogP contribution in [0, 0.1) is 5.92 Å². The number of rotatable bonds is 3. The predicted octanol–water partition coefficient (Wildman–Crippen LogP) is 4.14. The minimum atomic E-state index is -0.0381. The van der Waals surface area contributed by atoms with Crippen LogP contribution in [0.25, 0.3) is 0 Å². The van der Waals surface area contributed by atoms with E-state index in [9.17, 15) is 4.79 Å². The standard InChI is InChI=1S/C15H16N2OS2/c1-10(2)15(18)17-12(14-6-4-8-20-14)9-11(16-17)13-5-3-7-19-13/h3-8,10,12H,9H2,1-2H3/t12-/m1/s1. The lowest BCUT2D eigenvalue weighted by atomic mass is 10.1. The smallest absolute Gasteiger partial charge is 0.245 e. The Morgan fingerprint density at radius 1 is 1.30 bits per heavy atom. The molecule has 0 unspecified atom stereocenters. The minimum absolute atomic E-state index is 0.0381. The number of nitrogens with zero attached hydrogens (tertiary/aromatic N) is 2. The second kappa shape index (κ2) is 5.50. The van der Waals surface area contributed by atoms with Gasteiger partial charge in [-0.3, -0.25) is 4.79 Å². The van der Waals surface area contributed by atoms with Gasteiger partial charge in [0.2, 0.25) is 5.91 Å². The third-order valence-electron chi connectivity index (χ3n) is 3.31. The summed E-state index contributed by atoms with van der Waals surface area (Å²) < 4.78 is 0. The number of hydrogen-bond donors (Lipinski definition) is 0. The normalized spacial score (nSPS) is 18.6. The SMILES string of the molecule is CC(C)C(=O)N1N=C(c2cccs2)C[C@@H]1c1cccs1. The molecule has 0 aliphatic carbocycles. The zero-order valence-electron chi connectivity index (χ0n) is 11.4. The van der Waals surface area contributed by atoms with Crippen LogP contribution in [0.1, 0.15) is 36.1 Å². The van der Waals surface area contributed by atoms with E-state index in [4.69, 9.17) is 0 Å². The van der Waals surface area contributed by atoms with Gasteiger partial charge in [0.15, 0.2) is 0 Å². The number of carbonyl (C=O) groups excluding carboxylic acids is 1. The van der Waals surface area contributed by atoms with Crippen molar-refractivity contribution in [3.63, 3.8) is 0 Å². The molecule has 3 heterocycles. The highest BCUT2D eigenvalue weighted by Crippen LogP contribution is 2.36. The van der Waals surface area contributed by atoms with Gasteiger partial charge in [-0.1, -0.05) is 26.0 Å². The summed E-state index contributed by atoms with van der Waals surface area (Å²) in [7, 11) is 0. The lowest BCUT2D eigenvalue weighted by molar-refractivity contribution is -0.136. The Kier molecular flexibility index (Phi) is 3.72. The van der Waals surface area contributed by atoms with Gasteiger partial charge >= 0.3 is 0 Å². The number of carbonyl (C=O) groups is 1. The molecule has 104 valence electrons. The van der Waals surface area contributed by atoms with Gasteiger partial charge in [-0.25, -0.2) is 5.01 Å². The van der Waals surface area contributed by atoms with Gasteiger partial charge in [0.05, 0.1) is 16.6 Å². The fourth-order valence-corrected chi connectivity index (χ4v) is 3.80. The molecule has 20 heavy (non-hydrogen) atoms. The third kappa shape index (κ3) is 2.43. The molecular weight excluding hydrogens is 288 g/mol. The van der Waals surface area contributed by atoms with Crippen LogP contribution in [-0.2, 0) is 4.79 Å². The summed E-state index contributed by atoms with van der Waals surface area (Å²) in [6.45, 7) is 3.85. The van der Waals surface area contributed by atoms with Crippen molar-refractivity contribution in [3.05, 3.63) is 44.8 Å². The molecule has 3 rings (SSSR count). The van der Waals surface area contributed by atoms with Crippen LogP contribution < -0.4 is 0 Å². The van der Waals surface area contributed by atoms with Crippen molar-refractivity contribution in [2.24, 2.45) is 11.0 Å². The Balaban J connectivity index is 1.94. The first-order valence-corrected chi connectivity index (χ1v) is 8.40. The van der Waals surface area contributed by atoms with Crippen LogP contribution in [0.4, 0.5) is 0 Å². The zero-order valence-corrected chi connectivity index (χ0v) is 13.1. The van der Waals surface area contributed by atoms with Crippen LogP contribution in [0.3, 0.4) is 0 Å². The number of amides is 1. The topological polar surface area (TPSA) is 32.7 Å². The zero-order chi connectivity index (χ0) is 14.1. The summed E-state index contributed by atoms with van der Waals surface area (Å²) in [5.41, 5.74) is 1.02. The van der Waals surface area contributed by atoms with Crippen molar-refractivity contribution in [2.45, 2.75) is 26.3 Å². The minimum Gasteiger partial charge on any atom is -0.273 e. The number of hydrazone groups is 1. The second-order valence-electron chi connectivity index (χ2n) is 5.10. The van der Waals surface area contributed by atoms with Crippen LogP contribution in [0.5, 0.6) is 0 Å². The molecule has 5 heteroatoms. The quantitative estimate of drug-likeness (QED) is 0.838. The van der Waals surface area contributed by atoms with Gasteiger partial charge in [0.25, 0.3) is 0 Å². The Bertz CT molecular complexity index is 614. The van der Waals surface area contributed by atoms with Crippen LogP contribution in [0.2, 0.25) is 0 Å². The van der Waals surface area contributed by atoms with Gasteiger partial charge in [0.1, 0.15) is 0 Å². The molecule has 0 bridgehead atoms. The second-order valence-corrected chi connectivity index (χ2v) is 7.02.